The maximum absolute atomic E-state index is 13.3. The zero-order valence-corrected chi connectivity index (χ0v) is 23.9. The van der Waals surface area contributed by atoms with Gasteiger partial charge in [-0.25, -0.2) is 0 Å². The van der Waals surface area contributed by atoms with Crippen molar-refractivity contribution in [2.24, 2.45) is 0 Å². The van der Waals surface area contributed by atoms with E-state index in [0.29, 0.717) is 18.4 Å². The first kappa shape index (κ1) is 28.0. The van der Waals surface area contributed by atoms with Gasteiger partial charge >= 0.3 is 6.18 Å². The van der Waals surface area contributed by atoms with Crippen LogP contribution in [0.25, 0.3) is 0 Å². The van der Waals surface area contributed by atoms with Crippen molar-refractivity contribution in [3.63, 3.8) is 0 Å². The van der Waals surface area contributed by atoms with Crippen LogP contribution >= 0.6 is 0 Å². The maximum Gasteiger partial charge on any atom is 0.416 e. The molecule has 2 fully saturated rings. The lowest BCUT2D eigenvalue weighted by Gasteiger charge is -2.64. The number of nitrogens with zero attached hydrogens (tertiary/aromatic N) is 2. The second-order valence-corrected chi connectivity index (χ2v) is 12.3. The van der Waals surface area contributed by atoms with Crippen LogP contribution in [0, 0.1) is 11.8 Å². The first-order chi connectivity index (χ1) is 20.6. The summed E-state index contributed by atoms with van der Waals surface area (Å²) in [6.45, 7) is 1.68. The molecule has 1 N–H and O–H groups in total. The Morgan fingerprint density at radius 2 is 1.84 bits per heavy atom. The zero-order valence-electron chi connectivity index (χ0n) is 23.9. The van der Waals surface area contributed by atoms with Crippen LogP contribution in [0.2, 0.25) is 0 Å². The number of hydrogen-bond acceptors (Lipinski definition) is 4. The van der Waals surface area contributed by atoms with Gasteiger partial charge in [0.05, 0.1) is 22.6 Å². The number of likely N-dealkylation sites (N-methyl/N-ethyl adjacent to an activating group) is 1. The minimum atomic E-state index is -4.43. The molecule has 1 amide bonds. The Morgan fingerprint density at radius 3 is 2.58 bits per heavy atom. The highest BCUT2D eigenvalue weighted by atomic mass is 19.4. The van der Waals surface area contributed by atoms with Crippen molar-refractivity contribution in [3.05, 3.63) is 101 Å². The van der Waals surface area contributed by atoms with Gasteiger partial charge in [0, 0.05) is 36.7 Å². The smallest absolute Gasteiger partial charge is 0.416 e. The number of rotatable bonds is 4. The number of likely N-dealkylation sites (tertiary alicyclic amines) is 1. The van der Waals surface area contributed by atoms with Gasteiger partial charge in [0.25, 0.3) is 5.91 Å². The molecule has 0 unspecified atom stereocenters. The van der Waals surface area contributed by atoms with Gasteiger partial charge in [-0.15, -0.1) is 0 Å². The Hall–Kier alpha value is -3.80. The first-order valence-electron chi connectivity index (χ1n) is 14.9. The molecule has 1 spiro atoms. The van der Waals surface area contributed by atoms with Gasteiger partial charge in [-0.2, -0.15) is 13.2 Å². The number of alkyl halides is 3. The molecule has 222 valence electrons. The number of carbonyl (C=O) groups is 1. The van der Waals surface area contributed by atoms with Crippen LogP contribution in [0.5, 0.6) is 5.75 Å². The molecule has 7 rings (SSSR count). The predicted molar refractivity (Wildman–Crippen MR) is 155 cm³/mol. The van der Waals surface area contributed by atoms with E-state index in [-0.39, 0.29) is 12.1 Å². The lowest BCUT2D eigenvalue weighted by molar-refractivity contribution is -0.199. The number of ether oxygens (including phenoxy) is 1. The van der Waals surface area contributed by atoms with Crippen molar-refractivity contribution in [1.82, 2.24) is 9.80 Å². The molecule has 43 heavy (non-hydrogen) atoms. The van der Waals surface area contributed by atoms with Crippen molar-refractivity contribution < 1.29 is 27.8 Å². The van der Waals surface area contributed by atoms with Crippen LogP contribution in [-0.2, 0) is 29.2 Å². The van der Waals surface area contributed by atoms with Crippen LogP contribution in [0.15, 0.2) is 72.8 Å². The van der Waals surface area contributed by atoms with E-state index in [0.717, 1.165) is 55.8 Å². The second kappa shape index (κ2) is 10.1. The van der Waals surface area contributed by atoms with Gasteiger partial charge in [0.1, 0.15) is 11.9 Å². The Labute approximate surface area is 249 Å². The van der Waals surface area contributed by atoms with E-state index in [2.05, 4.69) is 47.1 Å². The summed E-state index contributed by atoms with van der Waals surface area (Å²) >= 11 is 0. The number of carbonyl (C=O) groups excluding carboxylic acids is 1. The third-order valence-electron chi connectivity index (χ3n) is 10.3. The van der Waals surface area contributed by atoms with Gasteiger partial charge in [0.2, 0.25) is 0 Å². The van der Waals surface area contributed by atoms with Crippen LogP contribution < -0.4 is 4.74 Å². The Morgan fingerprint density at radius 1 is 1.07 bits per heavy atom. The molecule has 4 aliphatic rings. The molecule has 8 heteroatoms. The molecule has 3 aromatic carbocycles. The van der Waals surface area contributed by atoms with Crippen LogP contribution in [0.3, 0.4) is 0 Å². The first-order valence-corrected chi connectivity index (χ1v) is 14.9. The van der Waals surface area contributed by atoms with Crippen molar-refractivity contribution >= 4 is 5.91 Å². The molecular formula is C35H33F3N2O3. The van der Waals surface area contributed by atoms with Crippen molar-refractivity contribution in [2.45, 2.75) is 67.5 Å². The molecular weight excluding hydrogens is 553 g/mol. The van der Waals surface area contributed by atoms with Gasteiger partial charge < -0.3 is 14.7 Å². The lowest BCUT2D eigenvalue weighted by Crippen LogP contribution is -2.78. The average Bonchev–Trinajstić information content (AvgIpc) is 3.34. The third-order valence-corrected chi connectivity index (χ3v) is 10.3. The van der Waals surface area contributed by atoms with Crippen LogP contribution in [-0.4, -0.2) is 64.7 Å². The fraction of sp³-hybridized carbons (Fsp3) is 0.400. The van der Waals surface area contributed by atoms with E-state index in [1.807, 2.05) is 18.2 Å². The van der Waals surface area contributed by atoms with Gasteiger partial charge in [-0.05, 0) is 80.1 Å². The number of halogens is 3. The predicted octanol–water partition coefficient (Wildman–Crippen LogP) is 4.98. The SMILES string of the molecule is CN(C(=O)C#Cc1ccc(C(F)(F)F)cc1)[C@H]1CC[C@@]2(O)[C@H]3Cc4cccc5c4[C@@]2(CCN3CCc2ccccc2)[C@H]1O5. The fourth-order valence-corrected chi connectivity index (χ4v) is 8.26. The molecule has 5 nitrogen and oxygen atoms in total. The molecule has 2 bridgehead atoms. The summed E-state index contributed by atoms with van der Waals surface area (Å²) in [5, 5.41) is 12.7. The molecule has 3 aromatic rings. The zero-order chi connectivity index (χ0) is 30.0. The number of hydrogen-bond donors (Lipinski definition) is 1. The van der Waals surface area contributed by atoms with E-state index in [1.54, 1.807) is 11.9 Å². The maximum atomic E-state index is 13.3. The largest absolute Gasteiger partial charge is 0.487 e. The Balaban J connectivity index is 1.16. The molecule has 0 aromatic heterocycles. The standard InChI is InChI=1S/C35H33F3N2O3/c1-39(30(41)15-12-24-10-13-26(14-11-24)35(36,37)38)27-16-18-34(42)29-22-25-8-5-9-28-31(25)33(34,32(27)43-28)19-21-40(29)20-17-23-6-3-2-4-7-23/h2-11,13-14,27,29,32,42H,16-22H2,1H3/t27-,29+,32-,33-,34+/m0/s1. The van der Waals surface area contributed by atoms with E-state index >= 15 is 0 Å². The molecule has 2 heterocycles. The summed E-state index contributed by atoms with van der Waals surface area (Å²) in [4.78, 5) is 17.4. The molecule has 2 aliphatic heterocycles. The molecule has 0 radical (unpaired) electrons. The molecule has 1 saturated heterocycles. The quantitative estimate of drug-likeness (QED) is 0.439. The monoisotopic (exact) mass is 586 g/mol. The third kappa shape index (κ3) is 4.36. The van der Waals surface area contributed by atoms with Crippen molar-refractivity contribution in [2.75, 3.05) is 20.1 Å². The number of aliphatic hydroxyl groups is 1. The molecule has 2 aliphatic carbocycles. The summed E-state index contributed by atoms with van der Waals surface area (Å²) < 4.78 is 45.4. The van der Waals surface area contributed by atoms with Gasteiger partial charge in [-0.1, -0.05) is 48.4 Å². The highest BCUT2D eigenvalue weighted by molar-refractivity contribution is 5.94. The highest BCUT2D eigenvalue weighted by Gasteiger charge is 2.73. The summed E-state index contributed by atoms with van der Waals surface area (Å²) in [6, 6.07) is 20.6. The number of benzene rings is 3. The second-order valence-electron chi connectivity index (χ2n) is 12.3. The Kier molecular flexibility index (Phi) is 6.60. The van der Waals surface area contributed by atoms with E-state index < -0.39 is 34.8 Å². The van der Waals surface area contributed by atoms with E-state index in [9.17, 15) is 23.1 Å². The van der Waals surface area contributed by atoms with Gasteiger partial charge in [-0.3, -0.25) is 9.69 Å². The minimum absolute atomic E-state index is 0.0571. The Bertz CT molecular complexity index is 1610. The lowest BCUT2D eigenvalue weighted by atomic mass is 9.48. The summed E-state index contributed by atoms with van der Waals surface area (Å²) in [5.74, 6) is 5.71. The average molecular weight is 587 g/mol. The fourth-order valence-electron chi connectivity index (χ4n) is 8.26. The van der Waals surface area contributed by atoms with Crippen LogP contribution in [0.4, 0.5) is 13.2 Å². The highest BCUT2D eigenvalue weighted by Crippen LogP contribution is 2.64. The van der Waals surface area contributed by atoms with Crippen LogP contribution in [0.1, 0.15) is 47.1 Å². The molecule has 1 saturated carbocycles. The van der Waals surface area contributed by atoms with Gasteiger partial charge in [0.15, 0.2) is 0 Å². The van der Waals surface area contributed by atoms with E-state index in [4.69, 9.17) is 4.74 Å². The summed E-state index contributed by atoms with van der Waals surface area (Å²) in [5.41, 5.74) is 1.51. The summed E-state index contributed by atoms with van der Waals surface area (Å²) in [7, 11) is 1.71. The summed E-state index contributed by atoms with van der Waals surface area (Å²) in [6.07, 6.45) is -1.39. The van der Waals surface area contributed by atoms with Crippen molar-refractivity contribution in [3.8, 4) is 17.6 Å². The minimum Gasteiger partial charge on any atom is -0.487 e. The topological polar surface area (TPSA) is 53.0 Å². The van der Waals surface area contributed by atoms with Crippen molar-refractivity contribution in [1.29, 1.82) is 0 Å². The normalized spacial score (nSPS) is 28.7. The molecule has 5 atom stereocenters. The van der Waals surface area contributed by atoms with E-state index in [1.165, 1.54) is 23.3 Å². The number of amides is 1. The number of piperidine rings is 1.